The Kier molecular flexibility index (Phi) is 6.76. The Hall–Kier alpha value is -3.45. The molecule has 0 unspecified atom stereocenters. The summed E-state index contributed by atoms with van der Waals surface area (Å²) in [5, 5.41) is 5.59. The molecule has 0 atom stereocenters. The standard InChI is InChI=1S/C22H24N4O3/c1-16-23-11-13-26(16)15-17-7-9-18(10-8-17)21(27)25-20-6-4-3-5-19(20)22(28)24-12-14-29-2/h3-11,13H,12,14-15H2,1-2H3,(H,24,28)(H,25,27). The number of imidazole rings is 1. The van der Waals surface area contributed by atoms with Crippen molar-refractivity contribution >= 4 is 17.5 Å². The molecule has 0 saturated heterocycles. The SMILES string of the molecule is COCCNC(=O)c1ccccc1NC(=O)c1ccc(Cn2ccnc2C)cc1. The third-order valence-electron chi connectivity index (χ3n) is 4.50. The highest BCUT2D eigenvalue weighted by Gasteiger charge is 2.14. The predicted molar refractivity (Wildman–Crippen MR) is 111 cm³/mol. The minimum atomic E-state index is -0.271. The Morgan fingerprint density at radius 3 is 2.52 bits per heavy atom. The van der Waals surface area contributed by atoms with Gasteiger partial charge in [-0.3, -0.25) is 9.59 Å². The van der Waals surface area contributed by atoms with Crippen LogP contribution in [0.5, 0.6) is 0 Å². The van der Waals surface area contributed by atoms with E-state index in [0.717, 1.165) is 11.4 Å². The van der Waals surface area contributed by atoms with Gasteiger partial charge in [0, 0.05) is 38.2 Å². The number of carbonyl (C=O) groups excluding carboxylic acids is 2. The first-order valence-electron chi connectivity index (χ1n) is 9.32. The largest absolute Gasteiger partial charge is 0.383 e. The molecule has 3 rings (SSSR count). The number of methoxy groups -OCH3 is 1. The highest BCUT2D eigenvalue weighted by molar-refractivity contribution is 6.09. The maximum Gasteiger partial charge on any atom is 0.255 e. The van der Waals surface area contributed by atoms with Crippen molar-refractivity contribution in [3.05, 3.63) is 83.4 Å². The third-order valence-corrected chi connectivity index (χ3v) is 4.50. The summed E-state index contributed by atoms with van der Waals surface area (Å²) in [5.41, 5.74) is 2.46. The molecule has 150 valence electrons. The number of benzene rings is 2. The van der Waals surface area contributed by atoms with Crippen LogP contribution < -0.4 is 10.6 Å². The Labute approximate surface area is 169 Å². The number of nitrogens with one attached hydrogen (secondary N) is 2. The van der Waals surface area contributed by atoms with E-state index in [-0.39, 0.29) is 11.8 Å². The van der Waals surface area contributed by atoms with Gasteiger partial charge >= 0.3 is 0 Å². The van der Waals surface area contributed by atoms with Crippen molar-refractivity contribution in [2.75, 3.05) is 25.6 Å². The first kappa shape index (κ1) is 20.3. The number of amides is 2. The van der Waals surface area contributed by atoms with E-state index in [4.69, 9.17) is 4.74 Å². The zero-order valence-electron chi connectivity index (χ0n) is 16.5. The molecule has 0 aliphatic heterocycles. The van der Waals surface area contributed by atoms with Crippen LogP contribution in [0.3, 0.4) is 0 Å². The lowest BCUT2D eigenvalue weighted by molar-refractivity contribution is 0.0938. The van der Waals surface area contributed by atoms with Crippen molar-refractivity contribution in [2.24, 2.45) is 0 Å². The molecule has 0 fully saturated rings. The number of ether oxygens (including phenoxy) is 1. The highest BCUT2D eigenvalue weighted by atomic mass is 16.5. The lowest BCUT2D eigenvalue weighted by Crippen LogP contribution is -2.28. The third kappa shape index (κ3) is 5.30. The van der Waals surface area contributed by atoms with Crippen LogP contribution in [0.4, 0.5) is 5.69 Å². The molecule has 2 N–H and O–H groups in total. The van der Waals surface area contributed by atoms with Gasteiger partial charge in [0.2, 0.25) is 0 Å². The number of hydrogen-bond donors (Lipinski definition) is 2. The van der Waals surface area contributed by atoms with E-state index in [0.29, 0.717) is 36.5 Å². The monoisotopic (exact) mass is 392 g/mol. The molecule has 0 spiro atoms. The number of para-hydroxylation sites is 1. The first-order valence-corrected chi connectivity index (χ1v) is 9.32. The van der Waals surface area contributed by atoms with Gasteiger partial charge in [-0.25, -0.2) is 4.98 Å². The fourth-order valence-electron chi connectivity index (χ4n) is 2.88. The van der Waals surface area contributed by atoms with E-state index in [1.54, 1.807) is 49.7 Å². The fraction of sp³-hybridized carbons (Fsp3) is 0.227. The van der Waals surface area contributed by atoms with Crippen molar-refractivity contribution in [1.82, 2.24) is 14.9 Å². The number of aryl methyl sites for hydroxylation is 1. The average Bonchev–Trinajstić information content (AvgIpc) is 3.13. The molecule has 7 nitrogen and oxygen atoms in total. The predicted octanol–water partition coefficient (Wildman–Crippen LogP) is 2.87. The van der Waals surface area contributed by atoms with Gasteiger partial charge in [0.25, 0.3) is 11.8 Å². The molecule has 7 heteroatoms. The lowest BCUT2D eigenvalue weighted by Gasteiger charge is -2.12. The van der Waals surface area contributed by atoms with Crippen LogP contribution in [0.15, 0.2) is 60.9 Å². The van der Waals surface area contributed by atoms with Crippen molar-refractivity contribution in [3.8, 4) is 0 Å². The Balaban J connectivity index is 1.67. The molecule has 0 aliphatic carbocycles. The summed E-state index contributed by atoms with van der Waals surface area (Å²) in [6.45, 7) is 3.46. The molecule has 0 aliphatic rings. The van der Waals surface area contributed by atoms with Gasteiger partial charge in [0.05, 0.1) is 17.9 Å². The molecule has 0 saturated carbocycles. The van der Waals surface area contributed by atoms with E-state index in [9.17, 15) is 9.59 Å². The summed E-state index contributed by atoms with van der Waals surface area (Å²) < 4.78 is 6.98. The zero-order chi connectivity index (χ0) is 20.6. The molecule has 0 bridgehead atoms. The van der Waals surface area contributed by atoms with Crippen molar-refractivity contribution in [1.29, 1.82) is 0 Å². The fourth-order valence-corrected chi connectivity index (χ4v) is 2.88. The summed E-state index contributed by atoms with van der Waals surface area (Å²) in [6.07, 6.45) is 3.69. The van der Waals surface area contributed by atoms with Crippen LogP contribution in [-0.2, 0) is 11.3 Å². The molecule has 1 heterocycles. The molecular formula is C22H24N4O3. The molecule has 2 aromatic carbocycles. The summed E-state index contributed by atoms with van der Waals surface area (Å²) in [7, 11) is 1.57. The Morgan fingerprint density at radius 2 is 1.83 bits per heavy atom. The van der Waals surface area contributed by atoms with Gasteiger partial charge in [-0.1, -0.05) is 24.3 Å². The number of carbonyl (C=O) groups is 2. The first-order chi connectivity index (χ1) is 14.1. The molecular weight excluding hydrogens is 368 g/mol. The van der Waals surface area contributed by atoms with E-state index >= 15 is 0 Å². The summed E-state index contributed by atoms with van der Waals surface area (Å²) in [5.74, 6) is 0.406. The van der Waals surface area contributed by atoms with Crippen molar-refractivity contribution in [3.63, 3.8) is 0 Å². The van der Waals surface area contributed by atoms with E-state index in [2.05, 4.69) is 15.6 Å². The second-order valence-electron chi connectivity index (χ2n) is 6.55. The van der Waals surface area contributed by atoms with Gasteiger partial charge in [-0.15, -0.1) is 0 Å². The number of hydrogen-bond acceptors (Lipinski definition) is 4. The maximum absolute atomic E-state index is 12.7. The number of anilines is 1. The van der Waals surface area contributed by atoms with Crippen LogP contribution in [0.2, 0.25) is 0 Å². The maximum atomic E-state index is 12.7. The van der Waals surface area contributed by atoms with Gasteiger partial charge in [-0.05, 0) is 36.8 Å². The summed E-state index contributed by atoms with van der Waals surface area (Å²) >= 11 is 0. The average molecular weight is 392 g/mol. The number of aromatic nitrogens is 2. The Morgan fingerprint density at radius 1 is 1.07 bits per heavy atom. The summed E-state index contributed by atoms with van der Waals surface area (Å²) in [6, 6.07) is 14.3. The van der Waals surface area contributed by atoms with Crippen LogP contribution in [-0.4, -0.2) is 41.6 Å². The van der Waals surface area contributed by atoms with Gasteiger partial charge < -0.3 is 19.9 Å². The van der Waals surface area contributed by atoms with Gasteiger partial charge in [-0.2, -0.15) is 0 Å². The van der Waals surface area contributed by atoms with Crippen LogP contribution in [0, 0.1) is 6.92 Å². The highest BCUT2D eigenvalue weighted by Crippen LogP contribution is 2.17. The van der Waals surface area contributed by atoms with Gasteiger partial charge in [0.1, 0.15) is 5.82 Å². The molecule has 2 amide bonds. The van der Waals surface area contributed by atoms with Gasteiger partial charge in [0.15, 0.2) is 0 Å². The molecule has 3 aromatic rings. The topological polar surface area (TPSA) is 85.3 Å². The summed E-state index contributed by atoms with van der Waals surface area (Å²) in [4.78, 5) is 29.2. The zero-order valence-corrected chi connectivity index (χ0v) is 16.5. The van der Waals surface area contributed by atoms with Crippen molar-refractivity contribution < 1.29 is 14.3 Å². The normalized spacial score (nSPS) is 10.6. The van der Waals surface area contributed by atoms with Crippen molar-refractivity contribution in [2.45, 2.75) is 13.5 Å². The van der Waals surface area contributed by atoms with Crippen LogP contribution in [0.1, 0.15) is 32.1 Å². The minimum absolute atomic E-state index is 0.260. The minimum Gasteiger partial charge on any atom is -0.383 e. The second-order valence-corrected chi connectivity index (χ2v) is 6.55. The number of rotatable bonds is 8. The van der Waals surface area contributed by atoms with E-state index in [1.165, 1.54) is 0 Å². The smallest absolute Gasteiger partial charge is 0.255 e. The van der Waals surface area contributed by atoms with Crippen LogP contribution in [0.25, 0.3) is 0 Å². The molecule has 29 heavy (non-hydrogen) atoms. The Bertz CT molecular complexity index is 980. The second kappa shape index (κ2) is 9.66. The van der Waals surface area contributed by atoms with Crippen LogP contribution >= 0.6 is 0 Å². The van der Waals surface area contributed by atoms with E-state index in [1.807, 2.05) is 29.8 Å². The van der Waals surface area contributed by atoms with E-state index < -0.39 is 0 Å². The number of nitrogens with zero attached hydrogens (tertiary/aromatic N) is 2. The molecule has 1 aromatic heterocycles. The quantitative estimate of drug-likeness (QED) is 0.577. The lowest BCUT2D eigenvalue weighted by atomic mass is 10.1. The molecule has 0 radical (unpaired) electrons.